The van der Waals surface area contributed by atoms with E-state index in [2.05, 4.69) is 83.7 Å². The predicted octanol–water partition coefficient (Wildman–Crippen LogP) is 4.20. The van der Waals surface area contributed by atoms with Crippen molar-refractivity contribution in [2.24, 2.45) is 0 Å². The van der Waals surface area contributed by atoms with E-state index in [1.165, 1.54) is 16.6 Å². The van der Waals surface area contributed by atoms with E-state index in [9.17, 15) is 4.79 Å². The highest BCUT2D eigenvalue weighted by molar-refractivity contribution is 5.90. The zero-order chi connectivity index (χ0) is 18.6. The number of carbonyl (C=O) groups is 1. The number of aromatic amines is 1. The summed E-state index contributed by atoms with van der Waals surface area (Å²) in [7, 11) is 0. The van der Waals surface area contributed by atoms with Gasteiger partial charge < -0.3 is 15.2 Å². The van der Waals surface area contributed by atoms with Crippen LogP contribution in [0.4, 0.5) is 5.69 Å². The third kappa shape index (κ3) is 2.13. The Labute approximate surface area is 158 Å². The Balaban J connectivity index is 1.66. The fourth-order valence-electron chi connectivity index (χ4n) is 4.76. The number of rotatable bonds is 2. The number of nitrogens with zero attached hydrogens (tertiary/aromatic N) is 1. The standard InChI is InChI=1S/C23H23N3O/c1-22(2)18-8-4-6-10-20(18)26-14-12-21(27)25-23(22,26)13-11-16-15-24-19-9-5-3-7-17(16)19/h3-11,13,15,24H,12,14H2,1-2H3,(H,25,27)/b13-11+/t23-/m1/s1. The summed E-state index contributed by atoms with van der Waals surface area (Å²) in [6.07, 6.45) is 6.87. The van der Waals surface area contributed by atoms with Crippen molar-refractivity contribution in [3.63, 3.8) is 0 Å². The molecule has 2 N–H and O–H groups in total. The molecule has 2 aromatic carbocycles. The van der Waals surface area contributed by atoms with E-state index in [0.717, 1.165) is 17.6 Å². The molecular weight excluding hydrogens is 334 g/mol. The van der Waals surface area contributed by atoms with Gasteiger partial charge in [-0.1, -0.05) is 56.3 Å². The fraction of sp³-hybridized carbons (Fsp3) is 0.261. The van der Waals surface area contributed by atoms with Crippen molar-refractivity contribution in [1.82, 2.24) is 10.3 Å². The lowest BCUT2D eigenvalue weighted by Gasteiger charge is -2.49. The van der Waals surface area contributed by atoms with Gasteiger partial charge in [0.15, 0.2) is 0 Å². The normalized spacial score (nSPS) is 23.5. The summed E-state index contributed by atoms with van der Waals surface area (Å²) < 4.78 is 0. The molecule has 0 unspecified atom stereocenters. The number of anilines is 1. The van der Waals surface area contributed by atoms with Crippen LogP contribution in [0.3, 0.4) is 0 Å². The lowest BCUT2D eigenvalue weighted by atomic mass is 9.74. The zero-order valence-electron chi connectivity index (χ0n) is 15.6. The van der Waals surface area contributed by atoms with Gasteiger partial charge in [-0.3, -0.25) is 4.79 Å². The molecule has 0 saturated carbocycles. The average molecular weight is 357 g/mol. The number of nitrogens with one attached hydrogen (secondary N) is 2. The van der Waals surface area contributed by atoms with Crippen LogP contribution < -0.4 is 10.2 Å². The summed E-state index contributed by atoms with van der Waals surface area (Å²) in [6.45, 7) is 5.17. The highest BCUT2D eigenvalue weighted by Gasteiger charge is 2.57. The molecule has 2 aliphatic rings. The summed E-state index contributed by atoms with van der Waals surface area (Å²) in [6, 6.07) is 16.8. The molecule has 4 heteroatoms. The van der Waals surface area contributed by atoms with Gasteiger partial charge in [-0.05, 0) is 29.3 Å². The van der Waals surface area contributed by atoms with Crippen molar-refractivity contribution in [2.75, 3.05) is 11.4 Å². The zero-order valence-corrected chi connectivity index (χ0v) is 15.6. The van der Waals surface area contributed by atoms with Crippen LogP contribution in [-0.2, 0) is 10.2 Å². The van der Waals surface area contributed by atoms with E-state index in [4.69, 9.17) is 0 Å². The maximum Gasteiger partial charge on any atom is 0.223 e. The topological polar surface area (TPSA) is 48.1 Å². The number of benzene rings is 2. The van der Waals surface area contributed by atoms with Gasteiger partial charge in [0.05, 0.1) is 0 Å². The molecule has 0 bridgehead atoms. The summed E-state index contributed by atoms with van der Waals surface area (Å²) in [4.78, 5) is 18.1. The Bertz CT molecular complexity index is 1080. The van der Waals surface area contributed by atoms with Crippen LogP contribution in [0.2, 0.25) is 0 Å². The minimum absolute atomic E-state index is 0.107. The number of aromatic nitrogens is 1. The number of hydrogen-bond acceptors (Lipinski definition) is 2. The summed E-state index contributed by atoms with van der Waals surface area (Å²) >= 11 is 0. The molecule has 1 saturated heterocycles. The lowest BCUT2D eigenvalue weighted by Crippen LogP contribution is -2.68. The second-order valence-corrected chi connectivity index (χ2v) is 7.98. The molecule has 0 spiro atoms. The van der Waals surface area contributed by atoms with Gasteiger partial charge in [-0.25, -0.2) is 0 Å². The fourth-order valence-corrected chi connectivity index (χ4v) is 4.76. The van der Waals surface area contributed by atoms with Crippen LogP contribution in [0.15, 0.2) is 60.8 Å². The first-order valence-corrected chi connectivity index (χ1v) is 9.46. The predicted molar refractivity (Wildman–Crippen MR) is 110 cm³/mol. The molecule has 1 aromatic heterocycles. The molecule has 1 amide bonds. The molecule has 1 atom stereocenters. The van der Waals surface area contributed by atoms with Crippen molar-refractivity contribution in [3.05, 3.63) is 71.9 Å². The second-order valence-electron chi connectivity index (χ2n) is 7.98. The number of amides is 1. The maximum atomic E-state index is 12.4. The van der Waals surface area contributed by atoms with Crippen LogP contribution in [0.25, 0.3) is 17.0 Å². The van der Waals surface area contributed by atoms with Crippen molar-refractivity contribution >= 4 is 28.6 Å². The molecule has 2 aliphatic heterocycles. The molecule has 0 radical (unpaired) electrons. The second kappa shape index (κ2) is 5.49. The summed E-state index contributed by atoms with van der Waals surface area (Å²) in [5, 5.41) is 4.52. The van der Waals surface area contributed by atoms with Crippen molar-refractivity contribution < 1.29 is 4.79 Å². The summed E-state index contributed by atoms with van der Waals surface area (Å²) in [5.74, 6) is 0.107. The number of hydrogen-bond donors (Lipinski definition) is 2. The summed E-state index contributed by atoms with van der Waals surface area (Å²) in [5.41, 5.74) is 3.92. The highest BCUT2D eigenvalue weighted by Crippen LogP contribution is 2.52. The molecule has 3 aromatic rings. The monoisotopic (exact) mass is 357 g/mol. The smallest absolute Gasteiger partial charge is 0.223 e. The molecule has 1 fully saturated rings. The van der Waals surface area contributed by atoms with Gasteiger partial charge in [0.2, 0.25) is 5.91 Å². The molecule has 5 rings (SSSR count). The largest absolute Gasteiger partial charge is 0.361 e. The highest BCUT2D eigenvalue weighted by atomic mass is 16.2. The number of para-hydroxylation sites is 2. The van der Waals surface area contributed by atoms with Crippen LogP contribution in [0, 0.1) is 0 Å². The molecular formula is C23H23N3O. The Kier molecular flexibility index (Phi) is 3.29. The van der Waals surface area contributed by atoms with Crippen LogP contribution >= 0.6 is 0 Å². The Morgan fingerprint density at radius 3 is 2.74 bits per heavy atom. The third-order valence-electron chi connectivity index (χ3n) is 6.26. The van der Waals surface area contributed by atoms with Gasteiger partial charge in [0.1, 0.15) is 5.66 Å². The first-order valence-electron chi connectivity index (χ1n) is 9.46. The maximum absolute atomic E-state index is 12.4. The van der Waals surface area contributed by atoms with Gasteiger partial charge in [0, 0.05) is 41.2 Å². The number of carbonyl (C=O) groups excluding carboxylic acids is 1. The molecule has 3 heterocycles. The molecule has 136 valence electrons. The van der Waals surface area contributed by atoms with Crippen molar-refractivity contribution in [3.8, 4) is 0 Å². The number of H-pyrrole nitrogens is 1. The average Bonchev–Trinajstić information content (AvgIpc) is 3.16. The minimum atomic E-state index is -0.565. The SMILES string of the molecule is CC1(C)c2ccccc2N2CCC(=O)N[C@]21/C=C/c1c[nH]c2ccccc12. The van der Waals surface area contributed by atoms with E-state index in [-0.39, 0.29) is 11.3 Å². The van der Waals surface area contributed by atoms with Crippen LogP contribution in [0.1, 0.15) is 31.4 Å². The third-order valence-corrected chi connectivity index (χ3v) is 6.26. The Morgan fingerprint density at radius 2 is 1.85 bits per heavy atom. The lowest BCUT2D eigenvalue weighted by molar-refractivity contribution is -0.124. The quantitative estimate of drug-likeness (QED) is 0.722. The van der Waals surface area contributed by atoms with E-state index >= 15 is 0 Å². The molecule has 4 nitrogen and oxygen atoms in total. The van der Waals surface area contributed by atoms with Gasteiger partial charge in [-0.15, -0.1) is 0 Å². The van der Waals surface area contributed by atoms with Gasteiger partial charge >= 0.3 is 0 Å². The Hall–Kier alpha value is -3.01. The van der Waals surface area contributed by atoms with E-state index in [1.807, 2.05) is 12.3 Å². The minimum Gasteiger partial charge on any atom is -0.361 e. The van der Waals surface area contributed by atoms with Crippen LogP contribution in [0.5, 0.6) is 0 Å². The van der Waals surface area contributed by atoms with E-state index < -0.39 is 5.66 Å². The van der Waals surface area contributed by atoms with Gasteiger partial charge in [0.25, 0.3) is 0 Å². The molecule has 0 aliphatic carbocycles. The first kappa shape index (κ1) is 16.2. The first-order chi connectivity index (χ1) is 13.0. The van der Waals surface area contributed by atoms with E-state index in [0.29, 0.717) is 6.42 Å². The van der Waals surface area contributed by atoms with E-state index in [1.54, 1.807) is 0 Å². The van der Waals surface area contributed by atoms with Crippen LogP contribution in [-0.4, -0.2) is 23.1 Å². The molecule has 27 heavy (non-hydrogen) atoms. The number of fused-ring (bicyclic) bond motifs is 4. The van der Waals surface area contributed by atoms with Crippen molar-refractivity contribution in [2.45, 2.75) is 31.3 Å². The Morgan fingerprint density at radius 1 is 1.07 bits per heavy atom. The van der Waals surface area contributed by atoms with Gasteiger partial charge in [-0.2, -0.15) is 0 Å². The van der Waals surface area contributed by atoms with Crippen molar-refractivity contribution in [1.29, 1.82) is 0 Å².